The standard InChI is InChI=1S/C17H15BrN4OS2/c1-2-9-24-17-20-16(23)14-10-5-3-4-6-11(10)19-15(22(14)21-17)12-7-8-13(18)25-12/h3-8,15H,2,9H2,1H3,(H,20,21,23)/t15-/m0/s1. The SMILES string of the molecule is CCCSC1=NN2C(=c3ccccc3=N[C@@H]2c2ccc(Br)s2)C(=O)N1. The maximum absolute atomic E-state index is 12.8. The fourth-order valence-corrected chi connectivity index (χ4v) is 4.90. The van der Waals surface area contributed by atoms with Gasteiger partial charge in [0, 0.05) is 11.0 Å². The zero-order valence-electron chi connectivity index (χ0n) is 13.4. The molecular weight excluding hydrogens is 420 g/mol. The number of hydrogen-bond acceptors (Lipinski definition) is 6. The summed E-state index contributed by atoms with van der Waals surface area (Å²) in [5.41, 5.74) is 0.556. The Hall–Kier alpha value is -1.64. The van der Waals surface area contributed by atoms with Crippen LogP contribution >= 0.6 is 39.0 Å². The van der Waals surface area contributed by atoms with E-state index in [0.717, 1.165) is 31.4 Å². The molecule has 1 aromatic heterocycles. The third-order valence-corrected chi connectivity index (χ3v) is 6.54. The van der Waals surface area contributed by atoms with Crippen LogP contribution in [0.25, 0.3) is 5.70 Å². The average Bonchev–Trinajstić information content (AvgIpc) is 3.05. The highest BCUT2D eigenvalue weighted by Crippen LogP contribution is 2.35. The Morgan fingerprint density at radius 3 is 2.92 bits per heavy atom. The molecule has 0 radical (unpaired) electrons. The van der Waals surface area contributed by atoms with Gasteiger partial charge in [-0.2, -0.15) is 0 Å². The zero-order chi connectivity index (χ0) is 17.4. The second-order valence-electron chi connectivity index (χ2n) is 5.56. The summed E-state index contributed by atoms with van der Waals surface area (Å²) in [5, 5.41) is 11.6. The molecule has 128 valence electrons. The maximum atomic E-state index is 12.8. The first kappa shape index (κ1) is 16.8. The second-order valence-corrected chi connectivity index (χ2v) is 9.14. The van der Waals surface area contributed by atoms with Crippen molar-refractivity contribution in [3.8, 4) is 0 Å². The first-order valence-electron chi connectivity index (χ1n) is 7.92. The van der Waals surface area contributed by atoms with Gasteiger partial charge in [-0.05, 0) is 40.5 Å². The van der Waals surface area contributed by atoms with Crippen molar-refractivity contribution in [2.45, 2.75) is 19.5 Å². The van der Waals surface area contributed by atoms with Crippen molar-refractivity contribution in [1.82, 2.24) is 10.3 Å². The summed E-state index contributed by atoms with van der Waals surface area (Å²) in [4.78, 5) is 18.7. The van der Waals surface area contributed by atoms with E-state index in [1.54, 1.807) is 28.1 Å². The summed E-state index contributed by atoms with van der Waals surface area (Å²) in [6.07, 6.45) is 0.689. The van der Waals surface area contributed by atoms with E-state index in [0.29, 0.717) is 10.9 Å². The lowest BCUT2D eigenvalue weighted by molar-refractivity contribution is -0.116. The Morgan fingerprint density at radius 1 is 1.32 bits per heavy atom. The number of amides is 1. The number of halogens is 1. The number of nitrogens with one attached hydrogen (secondary N) is 1. The Morgan fingerprint density at radius 2 is 2.16 bits per heavy atom. The number of thioether (sulfide) groups is 1. The minimum Gasteiger partial charge on any atom is -0.298 e. The van der Waals surface area contributed by atoms with Gasteiger partial charge in [-0.1, -0.05) is 36.9 Å². The molecule has 1 amide bonds. The van der Waals surface area contributed by atoms with Crippen LogP contribution < -0.4 is 15.9 Å². The van der Waals surface area contributed by atoms with E-state index in [1.165, 1.54) is 0 Å². The van der Waals surface area contributed by atoms with Gasteiger partial charge in [0.15, 0.2) is 11.3 Å². The Bertz CT molecular complexity index is 985. The van der Waals surface area contributed by atoms with E-state index in [2.05, 4.69) is 28.2 Å². The molecular formula is C17H15BrN4OS2. The number of carbonyl (C=O) groups is 1. The van der Waals surface area contributed by atoms with Crippen LogP contribution in [0.4, 0.5) is 0 Å². The predicted molar refractivity (Wildman–Crippen MR) is 106 cm³/mol. The third-order valence-electron chi connectivity index (χ3n) is 3.81. The molecule has 25 heavy (non-hydrogen) atoms. The highest BCUT2D eigenvalue weighted by atomic mass is 79.9. The molecule has 1 aromatic carbocycles. The average molecular weight is 435 g/mol. The molecule has 0 unspecified atom stereocenters. The van der Waals surface area contributed by atoms with Gasteiger partial charge in [-0.25, -0.2) is 5.01 Å². The van der Waals surface area contributed by atoms with Crippen LogP contribution in [-0.2, 0) is 4.79 Å². The van der Waals surface area contributed by atoms with E-state index in [4.69, 9.17) is 10.1 Å². The van der Waals surface area contributed by atoms with Crippen LogP contribution in [-0.4, -0.2) is 21.8 Å². The highest BCUT2D eigenvalue weighted by Gasteiger charge is 2.34. The molecule has 1 N–H and O–H groups in total. The van der Waals surface area contributed by atoms with Crippen LogP contribution in [0.3, 0.4) is 0 Å². The van der Waals surface area contributed by atoms with E-state index in [9.17, 15) is 4.79 Å². The first-order chi connectivity index (χ1) is 12.2. The number of hydrogen-bond donors (Lipinski definition) is 1. The molecule has 0 spiro atoms. The number of thiophene rings is 1. The zero-order valence-corrected chi connectivity index (χ0v) is 16.6. The monoisotopic (exact) mass is 434 g/mol. The van der Waals surface area contributed by atoms with Gasteiger partial charge in [0.25, 0.3) is 5.91 Å². The molecule has 0 saturated carbocycles. The van der Waals surface area contributed by atoms with E-state index < -0.39 is 0 Å². The summed E-state index contributed by atoms with van der Waals surface area (Å²) >= 11 is 6.67. The topological polar surface area (TPSA) is 57.1 Å². The molecule has 8 heteroatoms. The number of amidine groups is 1. The van der Waals surface area contributed by atoms with Crippen molar-refractivity contribution >= 4 is 55.8 Å². The summed E-state index contributed by atoms with van der Waals surface area (Å²) in [5.74, 6) is 0.780. The lowest BCUT2D eigenvalue weighted by Crippen LogP contribution is -2.50. The van der Waals surface area contributed by atoms with Gasteiger partial charge in [-0.15, -0.1) is 16.4 Å². The van der Waals surface area contributed by atoms with E-state index >= 15 is 0 Å². The lowest BCUT2D eigenvalue weighted by atomic mass is 10.1. The number of benzene rings is 1. The number of hydrazone groups is 1. The second kappa shape index (κ2) is 6.93. The van der Waals surface area contributed by atoms with Gasteiger partial charge in [-0.3, -0.25) is 15.1 Å². The number of fused-ring (bicyclic) bond motifs is 2. The Labute approximate surface area is 161 Å². The van der Waals surface area contributed by atoms with Gasteiger partial charge in [0.1, 0.15) is 5.70 Å². The van der Waals surface area contributed by atoms with Crippen LogP contribution in [0.15, 0.2) is 50.3 Å². The number of nitrogens with zero attached hydrogens (tertiary/aromatic N) is 3. The fourth-order valence-electron chi connectivity index (χ4n) is 2.74. The predicted octanol–water partition coefficient (Wildman–Crippen LogP) is 2.80. The minimum atomic E-state index is -0.329. The largest absolute Gasteiger partial charge is 0.298 e. The summed E-state index contributed by atoms with van der Waals surface area (Å²) < 4.78 is 1.03. The van der Waals surface area contributed by atoms with Crippen LogP contribution in [0.2, 0.25) is 0 Å². The number of para-hydroxylation sites is 1. The van der Waals surface area contributed by atoms with Crippen molar-refractivity contribution < 1.29 is 4.79 Å². The minimum absolute atomic E-state index is 0.128. The number of carbonyl (C=O) groups excluding carboxylic acids is 1. The van der Waals surface area contributed by atoms with Crippen molar-refractivity contribution in [1.29, 1.82) is 0 Å². The fraction of sp³-hybridized carbons (Fsp3) is 0.235. The molecule has 0 fully saturated rings. The Balaban J connectivity index is 1.89. The highest BCUT2D eigenvalue weighted by molar-refractivity contribution is 9.11. The smallest absolute Gasteiger partial charge is 0.276 e. The van der Waals surface area contributed by atoms with Crippen LogP contribution in [0.1, 0.15) is 24.4 Å². The Kier molecular flexibility index (Phi) is 4.66. The first-order valence-corrected chi connectivity index (χ1v) is 10.5. The van der Waals surface area contributed by atoms with Crippen molar-refractivity contribution in [2.24, 2.45) is 10.1 Å². The summed E-state index contributed by atoms with van der Waals surface area (Å²) in [6, 6.07) is 11.7. The van der Waals surface area contributed by atoms with E-state index in [1.807, 2.05) is 36.4 Å². The molecule has 2 aliphatic heterocycles. The van der Waals surface area contributed by atoms with Crippen molar-refractivity contribution in [3.63, 3.8) is 0 Å². The molecule has 4 rings (SSSR count). The lowest BCUT2D eigenvalue weighted by Gasteiger charge is -2.33. The van der Waals surface area contributed by atoms with Crippen LogP contribution in [0.5, 0.6) is 0 Å². The molecule has 2 aromatic rings. The molecule has 5 nitrogen and oxygen atoms in total. The van der Waals surface area contributed by atoms with E-state index in [-0.39, 0.29) is 12.1 Å². The van der Waals surface area contributed by atoms with Crippen molar-refractivity contribution in [3.05, 3.63) is 55.6 Å². The molecule has 0 aliphatic carbocycles. The normalized spacial score (nSPS) is 18.9. The summed E-state index contributed by atoms with van der Waals surface area (Å²) in [7, 11) is 0. The van der Waals surface area contributed by atoms with Gasteiger partial charge in [0.05, 0.1) is 14.0 Å². The molecule has 3 heterocycles. The third kappa shape index (κ3) is 3.14. The van der Waals surface area contributed by atoms with Crippen molar-refractivity contribution in [2.75, 3.05) is 5.75 Å². The molecule has 0 bridgehead atoms. The van der Waals surface area contributed by atoms with Gasteiger partial charge < -0.3 is 0 Å². The molecule has 1 atom stereocenters. The summed E-state index contributed by atoms with van der Waals surface area (Å²) in [6.45, 7) is 2.11. The number of rotatable bonds is 3. The maximum Gasteiger partial charge on any atom is 0.276 e. The van der Waals surface area contributed by atoms with Gasteiger partial charge in [0.2, 0.25) is 0 Å². The molecule has 2 aliphatic rings. The van der Waals surface area contributed by atoms with Crippen LogP contribution in [0, 0.1) is 0 Å². The quantitative estimate of drug-likeness (QED) is 0.807. The van der Waals surface area contributed by atoms with Gasteiger partial charge >= 0.3 is 0 Å². The molecule has 0 saturated heterocycles.